The number of ether oxygens (including phenoxy) is 2. The zero-order chi connectivity index (χ0) is 27.4. The minimum Gasteiger partial charge on any atom is -0.490 e. The molecule has 4 rings (SSSR count). The van der Waals surface area contributed by atoms with Gasteiger partial charge in [-0.25, -0.2) is 0 Å². The molecule has 0 bridgehead atoms. The van der Waals surface area contributed by atoms with Crippen LogP contribution in [0.3, 0.4) is 0 Å². The Labute approximate surface area is 233 Å². The molecule has 0 aliphatic carbocycles. The SMILES string of the molecule is CCOc1cc(/C=C2/SC(=S)N(NC(=O)c3ccccc3C)C2=O)ccc1OCc1cc(C)c(C)cc1C. The molecule has 3 aromatic carbocycles. The fourth-order valence-corrected chi connectivity index (χ4v) is 5.22. The van der Waals surface area contributed by atoms with Gasteiger partial charge in [-0.1, -0.05) is 48.2 Å². The van der Waals surface area contributed by atoms with E-state index in [0.29, 0.717) is 35.2 Å². The second-order valence-electron chi connectivity index (χ2n) is 9.06. The van der Waals surface area contributed by atoms with E-state index in [0.717, 1.165) is 33.5 Å². The van der Waals surface area contributed by atoms with Crippen LogP contribution in [-0.2, 0) is 11.4 Å². The minimum absolute atomic E-state index is 0.261. The molecule has 0 spiro atoms. The van der Waals surface area contributed by atoms with E-state index in [1.54, 1.807) is 18.2 Å². The van der Waals surface area contributed by atoms with Crippen molar-refractivity contribution < 1.29 is 19.1 Å². The van der Waals surface area contributed by atoms with Gasteiger partial charge in [-0.2, -0.15) is 5.01 Å². The maximum atomic E-state index is 13.1. The van der Waals surface area contributed by atoms with Gasteiger partial charge in [0.15, 0.2) is 15.8 Å². The summed E-state index contributed by atoms with van der Waals surface area (Å²) in [7, 11) is 0. The summed E-state index contributed by atoms with van der Waals surface area (Å²) in [4.78, 5) is 26.2. The van der Waals surface area contributed by atoms with E-state index in [2.05, 4.69) is 38.3 Å². The first-order valence-electron chi connectivity index (χ1n) is 12.3. The van der Waals surface area contributed by atoms with Gasteiger partial charge >= 0.3 is 0 Å². The Morgan fingerprint density at radius 3 is 2.42 bits per heavy atom. The van der Waals surface area contributed by atoms with Gasteiger partial charge in [0.2, 0.25) is 0 Å². The second kappa shape index (κ2) is 11.8. The van der Waals surface area contributed by atoms with Crippen LogP contribution in [0.2, 0.25) is 0 Å². The number of thiocarbonyl (C=S) groups is 1. The lowest BCUT2D eigenvalue weighted by Crippen LogP contribution is -2.45. The minimum atomic E-state index is -0.389. The molecule has 8 heteroatoms. The summed E-state index contributed by atoms with van der Waals surface area (Å²) in [5.41, 5.74) is 9.47. The van der Waals surface area contributed by atoms with E-state index in [-0.39, 0.29) is 16.1 Å². The first kappa shape index (κ1) is 27.4. The monoisotopic (exact) mass is 546 g/mol. The Hall–Kier alpha value is -3.62. The fraction of sp³-hybridized carbons (Fsp3) is 0.233. The van der Waals surface area contributed by atoms with Crippen molar-refractivity contribution in [3.05, 3.63) is 98.4 Å². The third kappa shape index (κ3) is 6.09. The van der Waals surface area contributed by atoms with Crippen LogP contribution >= 0.6 is 24.0 Å². The van der Waals surface area contributed by atoms with Crippen molar-refractivity contribution in [1.82, 2.24) is 10.4 Å². The predicted octanol–water partition coefficient (Wildman–Crippen LogP) is 6.44. The standard InChI is InChI=1S/C30H30N2O4S2/c1-6-35-26-15-22(11-12-25(26)36-17-23-14-20(4)19(3)13-21(23)5)16-27-29(34)32(30(37)38-27)31-28(33)24-10-8-7-9-18(24)2/h7-16H,6,17H2,1-5H3,(H,31,33)/b27-16+. The zero-order valence-electron chi connectivity index (χ0n) is 22.1. The average molecular weight is 547 g/mol. The largest absolute Gasteiger partial charge is 0.490 e. The van der Waals surface area contributed by atoms with Gasteiger partial charge in [0.05, 0.1) is 11.5 Å². The highest BCUT2D eigenvalue weighted by molar-refractivity contribution is 8.26. The maximum Gasteiger partial charge on any atom is 0.285 e. The molecule has 6 nitrogen and oxygen atoms in total. The van der Waals surface area contributed by atoms with Crippen molar-refractivity contribution in [3.63, 3.8) is 0 Å². The molecule has 0 atom stereocenters. The second-order valence-corrected chi connectivity index (χ2v) is 10.7. The van der Waals surface area contributed by atoms with Crippen molar-refractivity contribution in [2.75, 3.05) is 6.61 Å². The normalized spacial score (nSPS) is 14.2. The smallest absolute Gasteiger partial charge is 0.285 e. The molecule has 1 saturated heterocycles. The highest BCUT2D eigenvalue weighted by atomic mass is 32.2. The molecule has 0 unspecified atom stereocenters. The number of hydrogen-bond acceptors (Lipinski definition) is 6. The van der Waals surface area contributed by atoms with Crippen LogP contribution in [0.4, 0.5) is 0 Å². The van der Waals surface area contributed by atoms with Crippen molar-refractivity contribution in [2.24, 2.45) is 0 Å². The highest BCUT2D eigenvalue weighted by Gasteiger charge is 2.34. The summed E-state index contributed by atoms with van der Waals surface area (Å²) >= 11 is 6.51. The molecule has 0 aromatic heterocycles. The number of carbonyl (C=O) groups is 2. The van der Waals surface area contributed by atoms with Crippen LogP contribution in [0.15, 0.2) is 59.5 Å². The average Bonchev–Trinajstić information content (AvgIpc) is 3.14. The molecule has 1 N–H and O–H groups in total. The number of aryl methyl sites for hydroxylation is 4. The first-order valence-corrected chi connectivity index (χ1v) is 13.5. The van der Waals surface area contributed by atoms with E-state index in [4.69, 9.17) is 21.7 Å². The Kier molecular flexibility index (Phi) is 8.54. The molecule has 38 heavy (non-hydrogen) atoms. The first-order chi connectivity index (χ1) is 18.2. The number of amides is 2. The molecule has 1 aliphatic heterocycles. The van der Waals surface area contributed by atoms with Gasteiger partial charge < -0.3 is 9.47 Å². The molecular weight excluding hydrogens is 516 g/mol. The Morgan fingerprint density at radius 2 is 1.68 bits per heavy atom. The van der Waals surface area contributed by atoms with Gasteiger partial charge in [-0.05, 0) is 104 Å². The van der Waals surface area contributed by atoms with Crippen LogP contribution in [0, 0.1) is 27.7 Å². The van der Waals surface area contributed by atoms with E-state index in [1.807, 2.05) is 44.2 Å². The van der Waals surface area contributed by atoms with Gasteiger partial charge in [0.25, 0.3) is 11.8 Å². The van der Waals surface area contributed by atoms with E-state index in [9.17, 15) is 9.59 Å². The number of thioether (sulfide) groups is 1. The lowest BCUT2D eigenvalue weighted by molar-refractivity contribution is -0.123. The third-order valence-corrected chi connectivity index (χ3v) is 7.60. The molecule has 2 amide bonds. The Morgan fingerprint density at radius 1 is 0.947 bits per heavy atom. The van der Waals surface area contributed by atoms with Gasteiger partial charge in [0, 0.05) is 5.56 Å². The summed E-state index contributed by atoms with van der Waals surface area (Å²) in [5.74, 6) is 0.441. The van der Waals surface area contributed by atoms with Crippen LogP contribution in [0.5, 0.6) is 11.5 Å². The van der Waals surface area contributed by atoms with Gasteiger partial charge in [-0.3, -0.25) is 15.0 Å². The summed E-state index contributed by atoms with van der Waals surface area (Å²) < 4.78 is 12.2. The number of hydrazine groups is 1. The molecule has 196 valence electrons. The molecule has 0 saturated carbocycles. The number of nitrogens with zero attached hydrogens (tertiary/aromatic N) is 1. The summed E-state index contributed by atoms with van der Waals surface area (Å²) in [6.45, 7) is 10.9. The van der Waals surface area contributed by atoms with Crippen molar-refractivity contribution in [1.29, 1.82) is 0 Å². The molecule has 1 aliphatic rings. The number of carbonyl (C=O) groups excluding carboxylic acids is 2. The molecular formula is C30H30N2O4S2. The quantitative estimate of drug-likeness (QED) is 0.259. The maximum absolute atomic E-state index is 13.1. The number of nitrogens with one attached hydrogen (secondary N) is 1. The van der Waals surface area contributed by atoms with E-state index >= 15 is 0 Å². The Balaban J connectivity index is 1.51. The van der Waals surface area contributed by atoms with Crippen LogP contribution in [0.1, 0.15) is 50.7 Å². The summed E-state index contributed by atoms with van der Waals surface area (Å²) in [6, 6.07) is 17.0. The molecule has 1 fully saturated rings. The highest BCUT2D eigenvalue weighted by Crippen LogP contribution is 2.35. The summed E-state index contributed by atoms with van der Waals surface area (Å²) in [6.07, 6.45) is 1.74. The Bertz CT molecular complexity index is 1450. The number of hydrogen-bond donors (Lipinski definition) is 1. The fourth-order valence-electron chi connectivity index (χ4n) is 4.04. The molecule has 3 aromatic rings. The van der Waals surface area contributed by atoms with E-state index in [1.165, 1.54) is 16.7 Å². The van der Waals surface area contributed by atoms with Crippen LogP contribution < -0.4 is 14.9 Å². The van der Waals surface area contributed by atoms with Crippen molar-refractivity contribution in [3.8, 4) is 11.5 Å². The lowest BCUT2D eigenvalue weighted by Gasteiger charge is -2.16. The van der Waals surface area contributed by atoms with Crippen molar-refractivity contribution in [2.45, 2.75) is 41.2 Å². The van der Waals surface area contributed by atoms with E-state index < -0.39 is 0 Å². The summed E-state index contributed by atoms with van der Waals surface area (Å²) in [5, 5.41) is 1.12. The van der Waals surface area contributed by atoms with Crippen LogP contribution in [-0.4, -0.2) is 27.8 Å². The van der Waals surface area contributed by atoms with Crippen LogP contribution in [0.25, 0.3) is 6.08 Å². The van der Waals surface area contributed by atoms with Gasteiger partial charge in [-0.15, -0.1) is 0 Å². The van der Waals surface area contributed by atoms with Crippen molar-refractivity contribution >= 4 is 46.2 Å². The number of rotatable bonds is 8. The molecule has 1 heterocycles. The topological polar surface area (TPSA) is 67.9 Å². The van der Waals surface area contributed by atoms with Gasteiger partial charge in [0.1, 0.15) is 6.61 Å². The number of benzene rings is 3. The lowest BCUT2D eigenvalue weighted by atomic mass is 10.0. The zero-order valence-corrected chi connectivity index (χ0v) is 23.7. The third-order valence-electron chi connectivity index (χ3n) is 6.30. The predicted molar refractivity (Wildman–Crippen MR) is 156 cm³/mol. The molecule has 0 radical (unpaired) electrons.